The predicted octanol–water partition coefficient (Wildman–Crippen LogP) is 8.15. The molecule has 4 aromatic carbocycles. The number of nitrogens with zero attached hydrogens (tertiary/aromatic N) is 2. The molecule has 6 heteroatoms. The first-order valence-electron chi connectivity index (χ1n) is 9.97. The fourth-order valence-corrected chi connectivity index (χ4v) is 3.88. The summed E-state index contributed by atoms with van der Waals surface area (Å²) >= 11 is 7.01. The second kappa shape index (κ2) is 10.9. The van der Waals surface area contributed by atoms with E-state index in [4.69, 9.17) is 0 Å². The van der Waals surface area contributed by atoms with E-state index in [-0.39, 0.29) is 0 Å². The standard InChI is InChI=1S/C26H20Br2N4/c27-21-9-5-11-23(15-21)31-25-13-3-1-7-19(25)17-29-30-18-20-8-2-4-14-26(20)32-24-12-6-10-22(28)16-24/h1-18,31-32H. The maximum Gasteiger partial charge on any atom is 0.0588 e. The first kappa shape index (κ1) is 22.0. The molecule has 4 nitrogen and oxygen atoms in total. The number of nitrogens with one attached hydrogen (secondary N) is 2. The summed E-state index contributed by atoms with van der Waals surface area (Å²) in [4.78, 5) is 0. The van der Waals surface area contributed by atoms with E-state index in [1.807, 2.05) is 97.1 Å². The Bertz CT molecular complexity index is 1170. The number of hydrogen-bond donors (Lipinski definition) is 2. The quantitative estimate of drug-likeness (QED) is 0.181. The summed E-state index contributed by atoms with van der Waals surface area (Å²) < 4.78 is 2.04. The zero-order valence-corrected chi connectivity index (χ0v) is 20.2. The number of hydrogen-bond acceptors (Lipinski definition) is 4. The molecule has 0 spiro atoms. The summed E-state index contributed by atoms with van der Waals surface area (Å²) in [6.07, 6.45) is 3.50. The topological polar surface area (TPSA) is 48.8 Å². The maximum absolute atomic E-state index is 4.28. The molecule has 0 radical (unpaired) electrons. The van der Waals surface area contributed by atoms with Crippen molar-refractivity contribution in [3.8, 4) is 0 Å². The molecule has 0 saturated heterocycles. The lowest BCUT2D eigenvalue weighted by atomic mass is 10.2. The average Bonchev–Trinajstić information content (AvgIpc) is 2.79. The number of para-hydroxylation sites is 2. The number of anilines is 4. The summed E-state index contributed by atoms with van der Waals surface area (Å²) in [5.74, 6) is 0. The van der Waals surface area contributed by atoms with Crippen LogP contribution in [0.15, 0.2) is 116 Å². The fourth-order valence-electron chi connectivity index (χ4n) is 3.08. The van der Waals surface area contributed by atoms with Crippen molar-refractivity contribution >= 4 is 67.0 Å². The van der Waals surface area contributed by atoms with E-state index in [9.17, 15) is 0 Å². The van der Waals surface area contributed by atoms with Gasteiger partial charge in [0, 0.05) is 42.8 Å². The van der Waals surface area contributed by atoms with Crippen LogP contribution in [-0.4, -0.2) is 12.4 Å². The van der Waals surface area contributed by atoms with Gasteiger partial charge in [0.1, 0.15) is 0 Å². The predicted molar refractivity (Wildman–Crippen MR) is 143 cm³/mol. The third kappa shape index (κ3) is 6.15. The molecule has 158 valence electrons. The van der Waals surface area contributed by atoms with Crippen LogP contribution in [0.2, 0.25) is 0 Å². The minimum Gasteiger partial charge on any atom is -0.355 e. The van der Waals surface area contributed by atoms with Gasteiger partial charge in [0.25, 0.3) is 0 Å². The SMILES string of the molecule is Brc1cccc(Nc2ccccc2C=NN=Cc2ccccc2Nc2cccc(Br)c2)c1. The zero-order valence-electron chi connectivity index (χ0n) is 17.0. The van der Waals surface area contributed by atoms with Crippen LogP contribution in [-0.2, 0) is 0 Å². The van der Waals surface area contributed by atoms with E-state index >= 15 is 0 Å². The van der Waals surface area contributed by atoms with Gasteiger partial charge in [-0.2, -0.15) is 10.2 Å². The molecule has 0 unspecified atom stereocenters. The van der Waals surface area contributed by atoms with Crippen LogP contribution in [0.1, 0.15) is 11.1 Å². The number of halogens is 2. The van der Waals surface area contributed by atoms with Gasteiger partial charge in [0.15, 0.2) is 0 Å². The molecule has 0 bridgehead atoms. The molecule has 32 heavy (non-hydrogen) atoms. The Labute approximate surface area is 204 Å². The summed E-state index contributed by atoms with van der Waals surface area (Å²) in [6, 6.07) is 32.1. The van der Waals surface area contributed by atoms with E-state index in [0.29, 0.717) is 0 Å². The molecule has 0 fully saturated rings. The van der Waals surface area contributed by atoms with Crippen LogP contribution in [0.3, 0.4) is 0 Å². The van der Waals surface area contributed by atoms with Gasteiger partial charge < -0.3 is 10.6 Å². The summed E-state index contributed by atoms with van der Waals surface area (Å²) in [5, 5.41) is 15.4. The zero-order chi connectivity index (χ0) is 22.2. The van der Waals surface area contributed by atoms with Gasteiger partial charge in [-0.15, -0.1) is 0 Å². The molecule has 0 aliphatic carbocycles. The Kier molecular flexibility index (Phi) is 7.48. The van der Waals surface area contributed by atoms with Crippen molar-refractivity contribution < 1.29 is 0 Å². The van der Waals surface area contributed by atoms with Crippen LogP contribution in [0.4, 0.5) is 22.7 Å². The van der Waals surface area contributed by atoms with E-state index < -0.39 is 0 Å². The molecule has 0 amide bonds. The first-order chi connectivity index (χ1) is 15.7. The van der Waals surface area contributed by atoms with Crippen LogP contribution < -0.4 is 10.6 Å². The minimum absolute atomic E-state index is 0.949. The van der Waals surface area contributed by atoms with Gasteiger partial charge in [-0.25, -0.2) is 0 Å². The highest BCUT2D eigenvalue weighted by molar-refractivity contribution is 9.10. The van der Waals surface area contributed by atoms with Crippen LogP contribution in [0.25, 0.3) is 0 Å². The van der Waals surface area contributed by atoms with Gasteiger partial charge in [-0.3, -0.25) is 0 Å². The highest BCUT2D eigenvalue weighted by Gasteiger charge is 2.02. The van der Waals surface area contributed by atoms with Crippen molar-refractivity contribution in [2.24, 2.45) is 10.2 Å². The lowest BCUT2D eigenvalue weighted by molar-refractivity contribution is 1.26. The number of rotatable bonds is 7. The highest BCUT2D eigenvalue weighted by atomic mass is 79.9. The van der Waals surface area contributed by atoms with Gasteiger partial charge in [-0.1, -0.05) is 80.4 Å². The van der Waals surface area contributed by atoms with E-state index in [1.54, 1.807) is 12.4 Å². The van der Waals surface area contributed by atoms with Crippen molar-refractivity contribution in [1.82, 2.24) is 0 Å². The molecule has 0 aliphatic heterocycles. The second-order valence-electron chi connectivity index (χ2n) is 6.93. The van der Waals surface area contributed by atoms with Gasteiger partial charge in [0.05, 0.1) is 12.4 Å². The molecule has 0 atom stereocenters. The van der Waals surface area contributed by atoms with Crippen molar-refractivity contribution in [2.75, 3.05) is 10.6 Å². The number of benzene rings is 4. The maximum atomic E-state index is 4.28. The smallest absolute Gasteiger partial charge is 0.0588 e. The lowest BCUT2D eigenvalue weighted by Crippen LogP contribution is -1.96. The summed E-state index contributed by atoms with van der Waals surface area (Å²) in [7, 11) is 0. The monoisotopic (exact) mass is 546 g/mol. The molecule has 0 saturated carbocycles. The molecule has 0 aromatic heterocycles. The van der Waals surface area contributed by atoms with Gasteiger partial charge in [0.2, 0.25) is 0 Å². The van der Waals surface area contributed by atoms with Crippen LogP contribution >= 0.6 is 31.9 Å². The molecule has 4 rings (SSSR count). The molecule has 0 heterocycles. The normalized spacial score (nSPS) is 11.2. The first-order valence-corrected chi connectivity index (χ1v) is 11.6. The largest absolute Gasteiger partial charge is 0.355 e. The third-order valence-corrected chi connectivity index (χ3v) is 5.58. The van der Waals surface area contributed by atoms with Crippen molar-refractivity contribution in [1.29, 1.82) is 0 Å². The Hall–Kier alpha value is -3.22. The molecular weight excluding hydrogens is 528 g/mol. The molecule has 0 aliphatic rings. The molecular formula is C26H20Br2N4. The van der Waals surface area contributed by atoms with Crippen LogP contribution in [0.5, 0.6) is 0 Å². The Morgan fingerprint density at radius 3 is 1.41 bits per heavy atom. The van der Waals surface area contributed by atoms with Crippen molar-refractivity contribution in [3.05, 3.63) is 117 Å². The van der Waals surface area contributed by atoms with E-state index in [0.717, 1.165) is 42.8 Å². The average molecular weight is 548 g/mol. The van der Waals surface area contributed by atoms with Crippen molar-refractivity contribution in [2.45, 2.75) is 0 Å². The second-order valence-corrected chi connectivity index (χ2v) is 8.77. The van der Waals surface area contributed by atoms with E-state index in [2.05, 4.69) is 52.7 Å². The molecule has 2 N–H and O–H groups in total. The Morgan fingerprint density at radius 2 is 0.969 bits per heavy atom. The highest BCUT2D eigenvalue weighted by Crippen LogP contribution is 2.24. The van der Waals surface area contributed by atoms with Crippen LogP contribution in [0, 0.1) is 0 Å². The van der Waals surface area contributed by atoms with E-state index in [1.165, 1.54) is 0 Å². The van der Waals surface area contributed by atoms with Gasteiger partial charge in [-0.05, 0) is 48.5 Å². The third-order valence-electron chi connectivity index (χ3n) is 4.59. The summed E-state index contributed by atoms with van der Waals surface area (Å²) in [5.41, 5.74) is 5.81. The van der Waals surface area contributed by atoms with Crippen molar-refractivity contribution in [3.63, 3.8) is 0 Å². The molecule has 4 aromatic rings. The minimum atomic E-state index is 0.949. The van der Waals surface area contributed by atoms with Gasteiger partial charge >= 0.3 is 0 Å². The Morgan fingerprint density at radius 1 is 0.531 bits per heavy atom. The fraction of sp³-hybridized carbons (Fsp3) is 0. The summed E-state index contributed by atoms with van der Waals surface area (Å²) in [6.45, 7) is 0. The Balaban J connectivity index is 1.49. The lowest BCUT2D eigenvalue weighted by Gasteiger charge is -2.09.